The van der Waals surface area contributed by atoms with Gasteiger partial charge in [0, 0.05) is 25.4 Å². The highest BCUT2D eigenvalue weighted by Gasteiger charge is 2.29. The number of carbonyl (C=O) groups is 1. The first-order valence-electron chi connectivity index (χ1n) is 9.73. The van der Waals surface area contributed by atoms with Crippen molar-refractivity contribution in [2.75, 3.05) is 32.8 Å². The highest BCUT2D eigenvalue weighted by molar-refractivity contribution is 7.52. The third-order valence-electron chi connectivity index (χ3n) is 4.63. The predicted octanol–water partition coefficient (Wildman–Crippen LogP) is 1.51. The molecule has 13 heteroatoms. The summed E-state index contributed by atoms with van der Waals surface area (Å²) in [5.41, 5.74) is 5.03. The minimum absolute atomic E-state index is 0.0800. The molecule has 0 spiro atoms. The fraction of sp³-hybridized carbons (Fsp3) is 0.421. The van der Waals surface area contributed by atoms with Crippen LogP contribution in [0.4, 0.5) is 5.82 Å². The summed E-state index contributed by atoms with van der Waals surface area (Å²) >= 11 is 0. The van der Waals surface area contributed by atoms with E-state index in [2.05, 4.69) is 10.1 Å². The summed E-state index contributed by atoms with van der Waals surface area (Å²) in [6.07, 6.45) is 1.89. The number of fused-ring (bicyclic) bond motifs is 1. The van der Waals surface area contributed by atoms with E-state index in [0.717, 1.165) is 0 Å². The fourth-order valence-electron chi connectivity index (χ4n) is 2.99. The third kappa shape index (κ3) is 6.07. The van der Waals surface area contributed by atoms with Crippen molar-refractivity contribution in [1.82, 2.24) is 14.6 Å². The molecule has 3 N–H and O–H groups in total. The van der Waals surface area contributed by atoms with E-state index in [1.54, 1.807) is 25.3 Å². The Morgan fingerprint density at radius 3 is 2.84 bits per heavy atom. The number of aromatic nitrogens is 2. The van der Waals surface area contributed by atoms with Gasteiger partial charge in [-0.3, -0.25) is 9.09 Å². The van der Waals surface area contributed by atoms with E-state index in [1.165, 1.54) is 23.8 Å². The Bertz CT molecular complexity index is 1050. The Balaban J connectivity index is 1.66. The molecule has 12 nitrogen and oxygen atoms in total. The first-order valence-corrected chi connectivity index (χ1v) is 11.3. The molecule has 1 aliphatic heterocycles. The van der Waals surface area contributed by atoms with Crippen LogP contribution in [0, 0.1) is 0 Å². The molecule has 2 heterocycles. The van der Waals surface area contributed by atoms with Gasteiger partial charge < -0.3 is 29.3 Å². The number of aldehydes is 1. The van der Waals surface area contributed by atoms with Gasteiger partial charge in [0.1, 0.15) is 17.9 Å². The molecule has 0 amide bonds. The highest BCUT2D eigenvalue weighted by Crippen LogP contribution is 2.46. The van der Waals surface area contributed by atoms with E-state index >= 15 is 0 Å². The standard InChI is InChI=1S/C19H25N4O8P/c1-13(23-7-5-18(20)22-19(23)25)9-15(27-2)11-30-32(26,21-6-8-24)31-14-3-4-16-17(10-14)29-12-28-16/h3-5,7-8,10,13,15H,6,9,11-12H2,1-2H3,(H,21,26)(H2,20,22,25). The zero-order valence-corrected chi connectivity index (χ0v) is 18.5. The highest BCUT2D eigenvalue weighted by atomic mass is 31.2. The summed E-state index contributed by atoms with van der Waals surface area (Å²) in [7, 11) is -2.47. The lowest BCUT2D eigenvalue weighted by Crippen LogP contribution is -2.30. The molecule has 3 atom stereocenters. The molecule has 3 rings (SSSR count). The number of nitrogens with zero attached hydrogens (tertiary/aromatic N) is 2. The van der Waals surface area contributed by atoms with Gasteiger partial charge in [-0.05, 0) is 31.5 Å². The van der Waals surface area contributed by atoms with Crippen LogP contribution in [-0.4, -0.2) is 49.0 Å². The minimum atomic E-state index is -3.94. The number of carbonyl (C=O) groups excluding carboxylic acids is 1. The number of ether oxygens (including phenoxy) is 3. The van der Waals surface area contributed by atoms with E-state index in [4.69, 9.17) is 29.0 Å². The smallest absolute Gasteiger partial charge is 0.454 e. The molecule has 1 aromatic heterocycles. The summed E-state index contributed by atoms with van der Waals surface area (Å²) in [6, 6.07) is 5.88. The van der Waals surface area contributed by atoms with Crippen molar-refractivity contribution in [2.24, 2.45) is 0 Å². The molecule has 0 bridgehead atoms. The Morgan fingerprint density at radius 2 is 2.12 bits per heavy atom. The summed E-state index contributed by atoms with van der Waals surface area (Å²) in [5.74, 6) is 1.32. The van der Waals surface area contributed by atoms with Gasteiger partial charge in [-0.2, -0.15) is 4.98 Å². The van der Waals surface area contributed by atoms with E-state index in [1.807, 2.05) is 0 Å². The zero-order valence-electron chi connectivity index (χ0n) is 17.6. The molecule has 32 heavy (non-hydrogen) atoms. The first-order chi connectivity index (χ1) is 15.3. The number of nitrogens with one attached hydrogen (secondary N) is 1. The number of nitrogens with two attached hydrogens (primary N) is 1. The second kappa shape index (κ2) is 10.6. The fourth-order valence-corrected chi connectivity index (χ4v) is 4.25. The van der Waals surface area contributed by atoms with Crippen molar-refractivity contribution < 1.29 is 32.6 Å². The van der Waals surface area contributed by atoms with E-state index < -0.39 is 19.5 Å². The molecule has 1 aliphatic rings. The van der Waals surface area contributed by atoms with Crippen molar-refractivity contribution in [3.05, 3.63) is 40.9 Å². The Kier molecular flexibility index (Phi) is 7.86. The maximum absolute atomic E-state index is 13.2. The van der Waals surface area contributed by atoms with Crippen LogP contribution in [0.3, 0.4) is 0 Å². The largest absolute Gasteiger partial charge is 0.459 e. The number of benzene rings is 1. The van der Waals surface area contributed by atoms with Gasteiger partial charge in [0.05, 0.1) is 19.3 Å². The van der Waals surface area contributed by atoms with Crippen LogP contribution < -0.4 is 30.5 Å². The molecule has 0 aliphatic carbocycles. The number of rotatable bonds is 12. The van der Waals surface area contributed by atoms with Crippen LogP contribution in [0.5, 0.6) is 17.2 Å². The van der Waals surface area contributed by atoms with E-state index in [9.17, 15) is 14.2 Å². The van der Waals surface area contributed by atoms with Crippen LogP contribution >= 0.6 is 7.75 Å². The van der Waals surface area contributed by atoms with Crippen molar-refractivity contribution in [1.29, 1.82) is 0 Å². The SMILES string of the molecule is COC(COP(=O)(NCC=O)Oc1ccc2c(c1)OCO2)CC(C)n1ccc(N)nc1=O. The first kappa shape index (κ1) is 23.7. The predicted molar refractivity (Wildman–Crippen MR) is 114 cm³/mol. The molecule has 1 aromatic carbocycles. The van der Waals surface area contributed by atoms with Crippen LogP contribution in [0.25, 0.3) is 0 Å². The molecule has 0 fully saturated rings. The Hall–Kier alpha value is -2.92. The minimum Gasteiger partial charge on any atom is -0.454 e. The number of nitrogen functional groups attached to an aromatic ring is 1. The van der Waals surface area contributed by atoms with Crippen molar-refractivity contribution in [2.45, 2.75) is 25.5 Å². The van der Waals surface area contributed by atoms with Crippen molar-refractivity contribution >= 4 is 19.9 Å². The lowest BCUT2D eigenvalue weighted by Gasteiger charge is -2.24. The van der Waals surface area contributed by atoms with Gasteiger partial charge in [-0.1, -0.05) is 0 Å². The van der Waals surface area contributed by atoms with Crippen molar-refractivity contribution in [3.63, 3.8) is 0 Å². The quantitative estimate of drug-likeness (QED) is 0.344. The number of methoxy groups -OCH3 is 1. The topological polar surface area (TPSA) is 153 Å². The maximum atomic E-state index is 13.2. The van der Waals surface area contributed by atoms with Gasteiger partial charge in [-0.25, -0.2) is 14.4 Å². The van der Waals surface area contributed by atoms with Crippen LogP contribution in [-0.2, 0) is 18.6 Å². The van der Waals surface area contributed by atoms with Gasteiger partial charge in [-0.15, -0.1) is 0 Å². The number of hydrogen-bond donors (Lipinski definition) is 2. The second-order valence-electron chi connectivity index (χ2n) is 6.91. The molecule has 0 saturated heterocycles. The van der Waals surface area contributed by atoms with Crippen molar-refractivity contribution in [3.8, 4) is 17.2 Å². The number of hydrogen-bond acceptors (Lipinski definition) is 10. The van der Waals surface area contributed by atoms with Crippen LogP contribution in [0.1, 0.15) is 19.4 Å². The summed E-state index contributed by atoms with van der Waals surface area (Å²) in [6.45, 7) is 1.50. The van der Waals surface area contributed by atoms with Gasteiger partial charge in [0.15, 0.2) is 11.5 Å². The normalized spacial score (nSPS) is 16.2. The lowest BCUT2D eigenvalue weighted by atomic mass is 10.1. The van der Waals surface area contributed by atoms with E-state index in [-0.39, 0.29) is 37.6 Å². The molecule has 0 saturated carbocycles. The molecular formula is C19H25N4O8P. The maximum Gasteiger partial charge on any atom is 0.459 e. The Morgan fingerprint density at radius 1 is 1.34 bits per heavy atom. The second-order valence-corrected chi connectivity index (χ2v) is 8.67. The summed E-state index contributed by atoms with van der Waals surface area (Å²) in [4.78, 5) is 26.6. The van der Waals surface area contributed by atoms with Gasteiger partial charge >= 0.3 is 13.4 Å². The average molecular weight is 468 g/mol. The molecular weight excluding hydrogens is 443 g/mol. The number of anilines is 1. The molecule has 3 unspecified atom stereocenters. The van der Waals surface area contributed by atoms with Crippen LogP contribution in [0.15, 0.2) is 35.3 Å². The Labute approximate surface area is 184 Å². The summed E-state index contributed by atoms with van der Waals surface area (Å²) < 4.78 is 41.6. The molecule has 174 valence electrons. The zero-order chi connectivity index (χ0) is 23.1. The van der Waals surface area contributed by atoms with Gasteiger partial charge in [0.25, 0.3) is 0 Å². The van der Waals surface area contributed by atoms with Crippen LogP contribution in [0.2, 0.25) is 0 Å². The third-order valence-corrected chi connectivity index (χ3v) is 6.14. The summed E-state index contributed by atoms with van der Waals surface area (Å²) in [5, 5.41) is 2.48. The molecule has 2 aromatic rings. The molecule has 0 radical (unpaired) electrons. The monoisotopic (exact) mass is 468 g/mol. The average Bonchev–Trinajstić information content (AvgIpc) is 3.23. The lowest BCUT2D eigenvalue weighted by molar-refractivity contribution is -0.107. The van der Waals surface area contributed by atoms with E-state index in [0.29, 0.717) is 24.2 Å². The van der Waals surface area contributed by atoms with Gasteiger partial charge in [0.2, 0.25) is 6.79 Å².